The Kier molecular flexibility index (Phi) is 8.60. The summed E-state index contributed by atoms with van der Waals surface area (Å²) < 4.78 is 6.93. The molecule has 3 heterocycles. The van der Waals surface area contributed by atoms with Gasteiger partial charge in [0.1, 0.15) is 17.1 Å². The van der Waals surface area contributed by atoms with Gasteiger partial charge >= 0.3 is 11.9 Å². The van der Waals surface area contributed by atoms with Gasteiger partial charge in [0.2, 0.25) is 0 Å². The third-order valence-corrected chi connectivity index (χ3v) is 10.4. The molecule has 0 saturated carbocycles. The van der Waals surface area contributed by atoms with E-state index in [4.69, 9.17) is 27.6 Å². The number of phenols is 1. The molecule has 4 aromatic carbocycles. The van der Waals surface area contributed by atoms with Gasteiger partial charge in [-0.3, -0.25) is 14.8 Å². The summed E-state index contributed by atoms with van der Waals surface area (Å²) in [5.41, 5.74) is 3.28. The van der Waals surface area contributed by atoms with Crippen LogP contribution in [-0.2, 0) is 6.42 Å². The summed E-state index contributed by atoms with van der Waals surface area (Å²) in [6, 6.07) is 24.1. The number of hydrogen-bond donors (Lipinski definition) is 3. The van der Waals surface area contributed by atoms with Gasteiger partial charge in [-0.1, -0.05) is 83.9 Å². The van der Waals surface area contributed by atoms with Gasteiger partial charge < -0.3 is 19.7 Å². The van der Waals surface area contributed by atoms with Crippen LogP contribution in [0.25, 0.3) is 66.4 Å². The molecule has 0 bridgehead atoms. The van der Waals surface area contributed by atoms with Crippen molar-refractivity contribution in [2.24, 2.45) is 0 Å². The van der Waals surface area contributed by atoms with Crippen molar-refractivity contribution in [3.8, 4) is 50.5 Å². The minimum absolute atomic E-state index is 0.0606. The fraction of sp³-hybridized carbons (Fsp3) is 0.0465. The Morgan fingerprint density at radius 1 is 0.722 bits per heavy atom. The normalized spacial score (nSPS) is 11.4. The summed E-state index contributed by atoms with van der Waals surface area (Å²) >= 11 is 13.3. The van der Waals surface area contributed by atoms with E-state index < -0.39 is 11.9 Å². The van der Waals surface area contributed by atoms with Crippen LogP contribution in [0, 0.1) is 6.92 Å². The first-order valence-corrected chi connectivity index (χ1v) is 17.4. The second kappa shape index (κ2) is 13.5. The van der Waals surface area contributed by atoms with Gasteiger partial charge in [-0.25, -0.2) is 9.59 Å². The van der Waals surface area contributed by atoms with Crippen molar-refractivity contribution in [1.82, 2.24) is 9.97 Å². The molecule has 2 aliphatic rings. The van der Waals surface area contributed by atoms with Crippen LogP contribution in [0.1, 0.15) is 37.4 Å². The molecule has 1 aliphatic carbocycles. The number of halogens is 2. The van der Waals surface area contributed by atoms with Gasteiger partial charge in [-0.15, -0.1) is 0 Å². The Balaban J connectivity index is 1.66. The zero-order valence-electron chi connectivity index (χ0n) is 28.2. The van der Waals surface area contributed by atoms with Crippen LogP contribution in [0.4, 0.5) is 0 Å². The largest absolute Gasteiger partial charge is 0.507 e. The third-order valence-electron chi connectivity index (χ3n) is 9.65. The topological polar surface area (TPSA) is 151 Å². The third kappa shape index (κ3) is 5.53. The molecule has 9 nitrogen and oxygen atoms in total. The Bertz CT molecular complexity index is 2870. The van der Waals surface area contributed by atoms with Crippen molar-refractivity contribution < 1.29 is 29.3 Å². The first-order valence-electron chi connectivity index (χ1n) is 16.6. The number of pyridine rings is 2. The van der Waals surface area contributed by atoms with Crippen molar-refractivity contribution in [3.05, 3.63) is 158 Å². The van der Waals surface area contributed by atoms with E-state index in [1.165, 1.54) is 0 Å². The summed E-state index contributed by atoms with van der Waals surface area (Å²) in [5, 5.41) is 33.4. The minimum Gasteiger partial charge on any atom is -0.507 e. The van der Waals surface area contributed by atoms with Crippen LogP contribution in [0.2, 0.25) is 10.0 Å². The number of rotatable bonds is 7. The van der Waals surface area contributed by atoms with E-state index in [-0.39, 0.29) is 61.2 Å². The van der Waals surface area contributed by atoms with Gasteiger partial charge in [0.25, 0.3) is 0 Å². The maximum Gasteiger partial charge on any atom is 0.337 e. The zero-order chi connectivity index (χ0) is 37.8. The molecule has 8 rings (SSSR count). The van der Waals surface area contributed by atoms with Gasteiger partial charge in [0.05, 0.1) is 32.3 Å². The molecule has 0 atom stereocenters. The average Bonchev–Trinajstić information content (AvgIpc) is 3.17. The lowest BCUT2D eigenvalue weighted by molar-refractivity contribution is 0.0680. The number of carboxylic acid groups (broad SMARTS) is 2. The van der Waals surface area contributed by atoms with E-state index in [1.54, 1.807) is 79.4 Å². The molecule has 0 saturated heterocycles. The predicted molar refractivity (Wildman–Crippen MR) is 208 cm³/mol. The summed E-state index contributed by atoms with van der Waals surface area (Å²) in [7, 11) is 0. The highest BCUT2D eigenvalue weighted by Crippen LogP contribution is 2.51. The molecule has 2 aromatic heterocycles. The number of aromatic hydroxyl groups is 1. The number of aryl methyl sites for hydroxylation is 1. The highest BCUT2D eigenvalue weighted by Gasteiger charge is 2.32. The molecule has 54 heavy (non-hydrogen) atoms. The number of nitrogens with zero attached hydrogens (tertiary/aromatic N) is 2. The maximum atomic E-state index is 14.5. The van der Waals surface area contributed by atoms with Crippen LogP contribution >= 0.6 is 23.2 Å². The fourth-order valence-corrected chi connectivity index (χ4v) is 7.82. The number of phenolic OH excluding ortho intramolecular Hbond substituents is 1. The number of hydrogen-bond acceptors (Lipinski definition) is 7. The van der Waals surface area contributed by atoms with E-state index >= 15 is 0 Å². The summed E-state index contributed by atoms with van der Waals surface area (Å²) in [6.45, 7) is 1.89. The molecular formula is C43H26Cl2N2O7. The second-order valence-corrected chi connectivity index (χ2v) is 13.5. The number of aromatic carboxylic acids is 2. The minimum atomic E-state index is -1.42. The molecule has 0 amide bonds. The molecule has 6 aromatic rings. The number of fused-ring (bicyclic) bond motifs is 4. The lowest BCUT2D eigenvalue weighted by atomic mass is 9.83. The standard InChI is InChI=1S/C43H26Cl2N2O7/c1-21-8-2-3-11-24(21)36-39(49)27(22-9-6-14-46-19-22)16-29-28(17-30-35(43(52)53)32(44)18-31(37(30)45)42(50)51)34-25-12-4-5-13-26(25)38(48)33(41(34)54-40(29)36)23-10-7-15-47-20-23/h2-16,18-20,49H,17H2,1H3,(H,50,51)(H,52,53). The Morgan fingerprint density at radius 2 is 1.39 bits per heavy atom. The van der Waals surface area contributed by atoms with Crippen molar-refractivity contribution in [2.45, 2.75) is 13.3 Å². The Morgan fingerprint density at radius 3 is 2.04 bits per heavy atom. The highest BCUT2D eigenvalue weighted by molar-refractivity contribution is 6.38. The summed E-state index contributed by atoms with van der Waals surface area (Å²) in [6.07, 6.45) is 6.07. The Hall–Kier alpha value is -6.55. The van der Waals surface area contributed by atoms with Gasteiger partial charge in [-0.2, -0.15) is 0 Å². The number of benzene rings is 5. The fourth-order valence-electron chi connectivity index (χ4n) is 7.22. The second-order valence-electron chi connectivity index (χ2n) is 12.7. The lowest BCUT2D eigenvalue weighted by Crippen LogP contribution is -2.13. The van der Waals surface area contributed by atoms with Crippen molar-refractivity contribution >= 4 is 56.9 Å². The smallest absolute Gasteiger partial charge is 0.337 e. The van der Waals surface area contributed by atoms with E-state index in [0.29, 0.717) is 55.1 Å². The molecule has 0 radical (unpaired) electrons. The first kappa shape index (κ1) is 34.5. The van der Waals surface area contributed by atoms with Crippen LogP contribution in [-0.4, -0.2) is 37.2 Å². The Labute approximate surface area is 316 Å². The number of aromatic nitrogens is 2. The number of carboxylic acids is 2. The quantitative estimate of drug-likeness (QED) is 0.107. The first-order chi connectivity index (χ1) is 26.1. The molecule has 0 unspecified atom stereocenters. The van der Waals surface area contributed by atoms with E-state index in [0.717, 1.165) is 11.6 Å². The molecule has 1 aliphatic heterocycles. The average molecular weight is 754 g/mol. The maximum absolute atomic E-state index is 14.5. The zero-order valence-corrected chi connectivity index (χ0v) is 29.7. The van der Waals surface area contributed by atoms with Gasteiger partial charge in [-0.05, 0) is 58.8 Å². The molecule has 264 valence electrons. The van der Waals surface area contributed by atoms with Crippen LogP contribution in [0.5, 0.6) is 5.75 Å². The van der Waals surface area contributed by atoms with Crippen molar-refractivity contribution in [2.75, 3.05) is 0 Å². The molecule has 0 fully saturated rings. The van der Waals surface area contributed by atoms with E-state index in [9.17, 15) is 29.7 Å². The predicted octanol–water partition coefficient (Wildman–Crippen LogP) is 10.2. The summed E-state index contributed by atoms with van der Waals surface area (Å²) in [4.78, 5) is 48.3. The SMILES string of the molecule is Cc1ccccc1-c1c(O)c(-c2cccnc2)cc2c(Cc3c(Cl)c(C(=O)O)cc(Cl)c3C(=O)O)c3c4ccccc4c(=O)c(-c4cccnc4)c-3oc12. The molecule has 0 spiro atoms. The van der Waals surface area contributed by atoms with Crippen LogP contribution in [0.3, 0.4) is 0 Å². The van der Waals surface area contributed by atoms with Crippen molar-refractivity contribution in [3.63, 3.8) is 0 Å². The molecule has 3 N–H and O–H groups in total. The van der Waals surface area contributed by atoms with Gasteiger partial charge in [0, 0.05) is 64.2 Å². The number of carbonyl (C=O) groups is 2. The lowest BCUT2D eigenvalue weighted by Gasteiger charge is -2.24. The summed E-state index contributed by atoms with van der Waals surface area (Å²) in [5.74, 6) is -2.79. The van der Waals surface area contributed by atoms with Crippen molar-refractivity contribution in [1.29, 1.82) is 0 Å². The highest BCUT2D eigenvalue weighted by atomic mass is 35.5. The monoisotopic (exact) mass is 752 g/mol. The van der Waals surface area contributed by atoms with Crippen LogP contribution < -0.4 is 5.43 Å². The van der Waals surface area contributed by atoms with Crippen LogP contribution in [0.15, 0.2) is 119 Å². The van der Waals surface area contributed by atoms with E-state index in [1.807, 2.05) is 31.2 Å². The molecular weight excluding hydrogens is 727 g/mol. The molecule has 11 heteroatoms. The van der Waals surface area contributed by atoms with E-state index in [2.05, 4.69) is 9.97 Å². The van der Waals surface area contributed by atoms with Gasteiger partial charge in [0.15, 0.2) is 5.43 Å².